The van der Waals surface area contributed by atoms with Gasteiger partial charge in [0.1, 0.15) is 24.4 Å². The number of ether oxygens (including phenoxy) is 3. The van der Waals surface area contributed by atoms with Gasteiger partial charge in [0.2, 0.25) is 0 Å². The van der Waals surface area contributed by atoms with E-state index in [0.29, 0.717) is 32.6 Å². The summed E-state index contributed by atoms with van der Waals surface area (Å²) in [6, 6.07) is 5.76. The molecule has 2 aliphatic rings. The van der Waals surface area contributed by atoms with Gasteiger partial charge in [-0.15, -0.1) is 0 Å². The van der Waals surface area contributed by atoms with E-state index in [4.69, 9.17) is 14.2 Å². The van der Waals surface area contributed by atoms with Crippen molar-refractivity contribution in [3.05, 3.63) is 23.8 Å². The van der Waals surface area contributed by atoms with Crippen LogP contribution in [0.3, 0.4) is 0 Å². The number of benzene rings is 1. The number of carboxylic acids is 1. The third kappa shape index (κ3) is 4.93. The topological polar surface area (TPSA) is 97.3 Å². The van der Waals surface area contributed by atoms with Gasteiger partial charge in [0.15, 0.2) is 11.5 Å². The number of rotatable bonds is 4. The van der Waals surface area contributed by atoms with E-state index < -0.39 is 23.2 Å². The average Bonchev–Trinajstić information content (AvgIpc) is 2.65. The third-order valence-electron chi connectivity index (χ3n) is 5.25. The van der Waals surface area contributed by atoms with Crippen LogP contribution < -0.4 is 14.8 Å². The molecule has 8 nitrogen and oxygen atoms in total. The SMILES string of the molecule is CC(C)(C)OC(=O)N1C[C@H](NCc2ccc3c(c2)OCCO3)CC[C@@]1(C)C(=O)O. The first-order valence-corrected chi connectivity index (χ1v) is 9.94. The molecule has 1 aromatic rings. The van der Waals surface area contributed by atoms with E-state index in [1.807, 2.05) is 18.2 Å². The first kappa shape index (κ1) is 21.2. The highest BCUT2D eigenvalue weighted by molar-refractivity contribution is 5.84. The Kier molecular flexibility index (Phi) is 5.93. The summed E-state index contributed by atoms with van der Waals surface area (Å²) in [5, 5.41) is 13.2. The number of likely N-dealkylation sites (tertiary alicyclic amines) is 1. The number of amides is 1. The van der Waals surface area contributed by atoms with Crippen LogP contribution in [-0.2, 0) is 16.1 Å². The quantitative estimate of drug-likeness (QED) is 0.793. The number of piperidine rings is 1. The Balaban J connectivity index is 1.66. The number of hydrogen-bond acceptors (Lipinski definition) is 6. The lowest BCUT2D eigenvalue weighted by Gasteiger charge is -2.44. The van der Waals surface area contributed by atoms with Crippen LogP contribution in [0.25, 0.3) is 0 Å². The molecule has 1 saturated heterocycles. The molecule has 0 saturated carbocycles. The number of hydrogen-bond donors (Lipinski definition) is 2. The highest BCUT2D eigenvalue weighted by Gasteiger charge is 2.47. The van der Waals surface area contributed by atoms with Crippen LogP contribution in [-0.4, -0.2) is 59.0 Å². The summed E-state index contributed by atoms with van der Waals surface area (Å²) in [4.78, 5) is 25.9. The predicted molar refractivity (Wildman–Crippen MR) is 106 cm³/mol. The van der Waals surface area contributed by atoms with E-state index >= 15 is 0 Å². The van der Waals surface area contributed by atoms with Crippen molar-refractivity contribution in [2.75, 3.05) is 19.8 Å². The molecule has 2 N–H and O–H groups in total. The molecular weight excluding hydrogens is 376 g/mol. The van der Waals surface area contributed by atoms with Crippen molar-refractivity contribution in [2.24, 2.45) is 0 Å². The summed E-state index contributed by atoms with van der Waals surface area (Å²) in [7, 11) is 0. The highest BCUT2D eigenvalue weighted by Crippen LogP contribution is 2.32. The van der Waals surface area contributed by atoms with Gasteiger partial charge in [0, 0.05) is 19.1 Å². The molecule has 8 heteroatoms. The Morgan fingerprint density at radius 2 is 1.97 bits per heavy atom. The molecule has 0 radical (unpaired) electrons. The second-order valence-corrected chi connectivity index (χ2v) is 8.76. The molecule has 0 aromatic heterocycles. The lowest BCUT2D eigenvalue weighted by Crippen LogP contribution is -2.63. The van der Waals surface area contributed by atoms with Crippen molar-refractivity contribution in [2.45, 2.75) is 64.3 Å². The van der Waals surface area contributed by atoms with Gasteiger partial charge in [-0.25, -0.2) is 9.59 Å². The Morgan fingerprint density at radius 3 is 2.62 bits per heavy atom. The monoisotopic (exact) mass is 406 g/mol. The van der Waals surface area contributed by atoms with Crippen LogP contribution in [0.15, 0.2) is 18.2 Å². The molecular formula is C21H30N2O6. The zero-order chi connectivity index (χ0) is 21.2. The molecule has 1 fully saturated rings. The molecule has 1 amide bonds. The third-order valence-corrected chi connectivity index (χ3v) is 5.25. The molecule has 0 bridgehead atoms. The van der Waals surface area contributed by atoms with E-state index in [1.54, 1.807) is 27.7 Å². The summed E-state index contributed by atoms with van der Waals surface area (Å²) in [6.45, 7) is 8.81. The summed E-state index contributed by atoms with van der Waals surface area (Å²) in [6.07, 6.45) is 0.390. The fourth-order valence-electron chi connectivity index (χ4n) is 3.55. The van der Waals surface area contributed by atoms with Crippen molar-refractivity contribution < 1.29 is 28.9 Å². The molecule has 0 aliphatic carbocycles. The van der Waals surface area contributed by atoms with Crippen LogP contribution >= 0.6 is 0 Å². The number of nitrogens with zero attached hydrogens (tertiary/aromatic N) is 1. The summed E-state index contributed by atoms with van der Waals surface area (Å²) >= 11 is 0. The van der Waals surface area contributed by atoms with Crippen molar-refractivity contribution in [1.82, 2.24) is 10.2 Å². The number of nitrogens with one attached hydrogen (secondary N) is 1. The van der Waals surface area contributed by atoms with E-state index in [9.17, 15) is 14.7 Å². The van der Waals surface area contributed by atoms with Gasteiger partial charge >= 0.3 is 12.1 Å². The second kappa shape index (κ2) is 8.10. The van der Waals surface area contributed by atoms with Gasteiger partial charge in [-0.05, 0) is 58.2 Å². The van der Waals surface area contributed by atoms with Gasteiger partial charge in [-0.2, -0.15) is 0 Å². The summed E-state index contributed by atoms with van der Waals surface area (Å²) in [5.74, 6) is 0.452. The largest absolute Gasteiger partial charge is 0.486 e. The van der Waals surface area contributed by atoms with Crippen LogP contribution in [0.4, 0.5) is 4.79 Å². The van der Waals surface area contributed by atoms with Gasteiger partial charge in [0.05, 0.1) is 0 Å². The lowest BCUT2D eigenvalue weighted by molar-refractivity contribution is -0.152. The number of fused-ring (bicyclic) bond motifs is 1. The molecule has 0 unspecified atom stereocenters. The number of carbonyl (C=O) groups is 2. The Labute approximate surface area is 171 Å². The molecule has 3 rings (SSSR count). The smallest absolute Gasteiger partial charge is 0.411 e. The first-order chi connectivity index (χ1) is 13.6. The van der Waals surface area contributed by atoms with Crippen LogP contribution in [0, 0.1) is 0 Å². The van der Waals surface area contributed by atoms with Crippen LogP contribution in [0.2, 0.25) is 0 Å². The summed E-state index contributed by atoms with van der Waals surface area (Å²) in [5.41, 5.74) is -0.941. The molecule has 2 aliphatic heterocycles. The zero-order valence-corrected chi connectivity index (χ0v) is 17.5. The Bertz CT molecular complexity index is 775. The summed E-state index contributed by atoms with van der Waals surface area (Å²) < 4.78 is 16.6. The maximum Gasteiger partial charge on any atom is 0.411 e. The molecule has 0 spiro atoms. The van der Waals surface area contributed by atoms with E-state index in [-0.39, 0.29) is 12.6 Å². The van der Waals surface area contributed by atoms with Crippen molar-refractivity contribution in [1.29, 1.82) is 0 Å². The van der Waals surface area contributed by atoms with Crippen LogP contribution in [0.1, 0.15) is 46.1 Å². The number of carbonyl (C=O) groups excluding carboxylic acids is 1. The van der Waals surface area contributed by atoms with E-state index in [2.05, 4.69) is 5.32 Å². The van der Waals surface area contributed by atoms with Gasteiger partial charge < -0.3 is 24.6 Å². The normalized spacial score (nSPS) is 24.1. The second-order valence-electron chi connectivity index (χ2n) is 8.76. The number of carboxylic acid groups (broad SMARTS) is 1. The lowest BCUT2D eigenvalue weighted by atomic mass is 9.86. The van der Waals surface area contributed by atoms with E-state index in [1.165, 1.54) is 4.90 Å². The fraction of sp³-hybridized carbons (Fsp3) is 0.619. The first-order valence-electron chi connectivity index (χ1n) is 9.94. The van der Waals surface area contributed by atoms with Gasteiger partial charge in [-0.1, -0.05) is 6.07 Å². The molecule has 29 heavy (non-hydrogen) atoms. The average molecular weight is 406 g/mol. The van der Waals surface area contributed by atoms with Crippen LogP contribution in [0.5, 0.6) is 11.5 Å². The van der Waals surface area contributed by atoms with Gasteiger partial charge in [-0.3, -0.25) is 4.90 Å². The Morgan fingerprint density at radius 1 is 1.28 bits per heavy atom. The van der Waals surface area contributed by atoms with Crippen molar-refractivity contribution in [3.63, 3.8) is 0 Å². The minimum absolute atomic E-state index is 0.0388. The van der Waals surface area contributed by atoms with E-state index in [0.717, 1.165) is 17.1 Å². The molecule has 1 aromatic carbocycles. The maximum atomic E-state index is 12.7. The predicted octanol–water partition coefficient (Wildman–Crippen LogP) is 2.79. The molecule has 2 heterocycles. The minimum atomic E-state index is -1.28. The van der Waals surface area contributed by atoms with Crippen molar-refractivity contribution in [3.8, 4) is 11.5 Å². The standard InChI is InChI=1S/C21H30N2O6/c1-20(2,3)29-19(26)23-13-15(7-8-21(23,4)18(24)25)22-12-14-5-6-16-17(11-14)28-10-9-27-16/h5-6,11,15,22H,7-10,12-13H2,1-4H3,(H,24,25)/t15-,21+/m1/s1. The fourth-order valence-corrected chi connectivity index (χ4v) is 3.55. The number of aliphatic carboxylic acids is 1. The maximum absolute atomic E-state index is 12.7. The van der Waals surface area contributed by atoms with Crippen molar-refractivity contribution >= 4 is 12.1 Å². The minimum Gasteiger partial charge on any atom is -0.486 e. The Hall–Kier alpha value is -2.48. The highest BCUT2D eigenvalue weighted by atomic mass is 16.6. The zero-order valence-electron chi connectivity index (χ0n) is 17.5. The van der Waals surface area contributed by atoms with Gasteiger partial charge in [0.25, 0.3) is 0 Å². The molecule has 160 valence electrons. The molecule has 2 atom stereocenters.